The number of carboxylic acids is 1. The molecule has 1 amide bonds. The summed E-state index contributed by atoms with van der Waals surface area (Å²) in [5, 5.41) is 21.8. The van der Waals surface area contributed by atoms with E-state index in [0.29, 0.717) is 12.8 Å². The Morgan fingerprint density at radius 3 is 1.43 bits per heavy atom. The third kappa shape index (κ3) is 36.9. The van der Waals surface area contributed by atoms with Crippen LogP contribution in [-0.4, -0.2) is 64.9 Å². The minimum atomic E-state index is -4.75. The van der Waals surface area contributed by atoms with Gasteiger partial charge in [-0.05, 0) is 38.5 Å². The second-order valence-corrected chi connectivity index (χ2v) is 16.0. The lowest BCUT2D eigenvalue weighted by atomic mass is 10.0. The van der Waals surface area contributed by atoms with E-state index in [1.807, 2.05) is 0 Å². The quantitative estimate of drug-likeness (QED) is 0.0203. The smallest absolute Gasteiger partial charge is 0.472 e. The Labute approximate surface area is 322 Å². The minimum absolute atomic E-state index is 0.150. The summed E-state index contributed by atoms with van der Waals surface area (Å²) in [5.74, 6) is -2.37. The zero-order valence-corrected chi connectivity index (χ0v) is 34.5. The number of phosphoric acid groups is 1. The van der Waals surface area contributed by atoms with Gasteiger partial charge in [-0.1, -0.05) is 161 Å². The van der Waals surface area contributed by atoms with Crippen molar-refractivity contribution in [2.75, 3.05) is 19.8 Å². The molecule has 0 radical (unpaired) electrons. The van der Waals surface area contributed by atoms with Gasteiger partial charge in [0.15, 0.2) is 6.04 Å². The molecule has 0 aromatic carbocycles. The molecule has 0 heterocycles. The van der Waals surface area contributed by atoms with Gasteiger partial charge >= 0.3 is 19.8 Å². The second-order valence-electron chi connectivity index (χ2n) is 14.5. The molecule has 4 N–H and O–H groups in total. The largest absolute Gasteiger partial charge is 0.480 e. The van der Waals surface area contributed by atoms with Crippen LogP contribution in [0.2, 0.25) is 0 Å². The molecular weight excluding hydrogens is 697 g/mol. The van der Waals surface area contributed by atoms with Crippen molar-refractivity contribution in [3.05, 3.63) is 12.2 Å². The van der Waals surface area contributed by atoms with Crippen LogP contribution in [-0.2, 0) is 32.7 Å². The van der Waals surface area contributed by atoms with E-state index in [1.54, 1.807) is 0 Å². The number of allylic oxidation sites excluding steroid dienone is 2. The number of carbonyl (C=O) groups excluding carboxylic acids is 2. The number of rotatable bonds is 40. The Balaban J connectivity index is 3.89. The molecule has 0 aliphatic rings. The zero-order chi connectivity index (χ0) is 39.3. The molecule has 312 valence electrons. The maximum Gasteiger partial charge on any atom is 0.472 e. The maximum absolute atomic E-state index is 12.2. The van der Waals surface area contributed by atoms with E-state index in [1.165, 1.54) is 116 Å². The molecule has 12 heteroatoms. The topological polar surface area (TPSA) is 169 Å². The van der Waals surface area contributed by atoms with Gasteiger partial charge in [-0.2, -0.15) is 0 Å². The first-order chi connectivity index (χ1) is 25.6. The van der Waals surface area contributed by atoms with Crippen LogP contribution in [0.15, 0.2) is 12.2 Å². The van der Waals surface area contributed by atoms with E-state index >= 15 is 0 Å². The van der Waals surface area contributed by atoms with Gasteiger partial charge in [0.2, 0.25) is 5.91 Å². The van der Waals surface area contributed by atoms with Crippen molar-refractivity contribution in [1.29, 1.82) is 0 Å². The Morgan fingerprint density at radius 2 is 0.981 bits per heavy atom. The Kier molecular flexibility index (Phi) is 35.9. The zero-order valence-electron chi connectivity index (χ0n) is 33.6. The number of carbonyl (C=O) groups is 3. The number of nitrogens with one attached hydrogen (secondary N) is 1. The number of ether oxygens (including phenoxy) is 1. The lowest BCUT2D eigenvalue weighted by molar-refractivity contribution is -0.147. The first-order valence-corrected chi connectivity index (χ1v) is 22.7. The van der Waals surface area contributed by atoms with Gasteiger partial charge in [0.05, 0.1) is 13.2 Å². The number of amides is 1. The number of carboxylic acid groups (broad SMARTS) is 1. The van der Waals surface area contributed by atoms with E-state index in [2.05, 4.69) is 31.3 Å². The number of unbranched alkanes of at least 4 members (excludes halogenated alkanes) is 24. The summed E-state index contributed by atoms with van der Waals surface area (Å²) in [5.41, 5.74) is 0. The van der Waals surface area contributed by atoms with E-state index in [9.17, 15) is 34.1 Å². The highest BCUT2D eigenvalue weighted by Crippen LogP contribution is 2.43. The first kappa shape index (κ1) is 51.2. The predicted molar refractivity (Wildman–Crippen MR) is 213 cm³/mol. The van der Waals surface area contributed by atoms with Crippen molar-refractivity contribution in [2.45, 2.75) is 212 Å². The van der Waals surface area contributed by atoms with Crippen LogP contribution in [0.1, 0.15) is 200 Å². The van der Waals surface area contributed by atoms with Crippen LogP contribution in [0.4, 0.5) is 0 Å². The van der Waals surface area contributed by atoms with Crippen LogP contribution in [0.5, 0.6) is 0 Å². The van der Waals surface area contributed by atoms with E-state index in [0.717, 1.165) is 44.9 Å². The van der Waals surface area contributed by atoms with Gasteiger partial charge in [0, 0.05) is 12.8 Å². The average molecular weight is 776 g/mol. The molecule has 0 aliphatic carbocycles. The number of hydrogen-bond donors (Lipinski definition) is 4. The lowest BCUT2D eigenvalue weighted by Crippen LogP contribution is -2.43. The molecule has 0 aromatic heterocycles. The Bertz CT molecular complexity index is 963. The molecule has 11 nitrogen and oxygen atoms in total. The molecule has 0 fully saturated rings. The van der Waals surface area contributed by atoms with Crippen molar-refractivity contribution in [1.82, 2.24) is 5.32 Å². The van der Waals surface area contributed by atoms with Crippen molar-refractivity contribution in [2.24, 2.45) is 0 Å². The summed E-state index contributed by atoms with van der Waals surface area (Å²) >= 11 is 0. The van der Waals surface area contributed by atoms with Gasteiger partial charge in [0.25, 0.3) is 0 Å². The van der Waals surface area contributed by atoms with E-state index < -0.39 is 57.6 Å². The molecule has 3 unspecified atom stereocenters. The number of phosphoric ester groups is 1. The van der Waals surface area contributed by atoms with Crippen LogP contribution < -0.4 is 5.32 Å². The monoisotopic (exact) mass is 776 g/mol. The molecule has 53 heavy (non-hydrogen) atoms. The average Bonchev–Trinajstić information content (AvgIpc) is 3.13. The molecule has 0 rings (SSSR count). The standard InChI is InChI=1S/C41H78NO10P/c1-3-5-7-9-11-13-15-17-18-19-20-21-23-25-27-29-31-33-40(45)50-34-37(43)35-51-53(48,49)52-36-38(41(46)47)42-39(44)32-30-28-26-24-22-16-14-12-10-8-6-4-2/h17-18,37-38,43H,3-16,19-36H2,1-2H3,(H,42,44)(H,46,47)(H,48,49)/b18-17-. The summed E-state index contributed by atoms with van der Waals surface area (Å²) in [7, 11) is -4.75. The fourth-order valence-corrected chi connectivity index (χ4v) is 6.73. The van der Waals surface area contributed by atoms with Crippen molar-refractivity contribution >= 4 is 25.7 Å². The highest BCUT2D eigenvalue weighted by atomic mass is 31.2. The summed E-state index contributed by atoms with van der Waals surface area (Å²) in [6, 6.07) is -1.54. The summed E-state index contributed by atoms with van der Waals surface area (Å²) in [4.78, 5) is 45.8. The highest BCUT2D eigenvalue weighted by Gasteiger charge is 2.28. The minimum Gasteiger partial charge on any atom is -0.480 e. The Hall–Kier alpha value is -1.78. The van der Waals surface area contributed by atoms with E-state index in [4.69, 9.17) is 13.8 Å². The van der Waals surface area contributed by atoms with Crippen LogP contribution in [0.3, 0.4) is 0 Å². The molecule has 0 saturated heterocycles. The Morgan fingerprint density at radius 1 is 0.585 bits per heavy atom. The fraction of sp³-hybridized carbons (Fsp3) is 0.878. The summed E-state index contributed by atoms with van der Waals surface area (Å²) in [6.45, 7) is 2.58. The molecule has 0 aliphatic heterocycles. The highest BCUT2D eigenvalue weighted by molar-refractivity contribution is 7.47. The van der Waals surface area contributed by atoms with Gasteiger partial charge in [-0.15, -0.1) is 0 Å². The van der Waals surface area contributed by atoms with E-state index in [-0.39, 0.29) is 12.8 Å². The first-order valence-electron chi connectivity index (χ1n) is 21.2. The van der Waals surface area contributed by atoms with Crippen LogP contribution in [0, 0.1) is 0 Å². The molecule has 0 bridgehead atoms. The maximum atomic E-state index is 12.2. The SMILES string of the molecule is CCCCCCCC/C=C\CCCCCCCCCC(=O)OCC(O)COP(=O)(O)OCC(NC(=O)CCCCCCCCCCCCCC)C(=O)O. The van der Waals surface area contributed by atoms with Crippen LogP contribution in [0.25, 0.3) is 0 Å². The number of hydrogen-bond acceptors (Lipinski definition) is 8. The van der Waals surface area contributed by atoms with Gasteiger partial charge < -0.3 is 25.2 Å². The predicted octanol–water partition coefficient (Wildman–Crippen LogP) is 10.5. The number of esters is 1. The van der Waals surface area contributed by atoms with Crippen molar-refractivity contribution < 1.29 is 47.8 Å². The number of aliphatic carboxylic acids is 1. The third-order valence-electron chi connectivity index (χ3n) is 9.30. The van der Waals surface area contributed by atoms with Gasteiger partial charge in [-0.3, -0.25) is 18.6 Å². The summed E-state index contributed by atoms with van der Waals surface area (Å²) < 4.78 is 26.8. The molecule has 0 spiro atoms. The van der Waals surface area contributed by atoms with Crippen molar-refractivity contribution in [3.8, 4) is 0 Å². The fourth-order valence-electron chi connectivity index (χ4n) is 5.96. The van der Waals surface area contributed by atoms with Crippen LogP contribution >= 0.6 is 7.82 Å². The summed E-state index contributed by atoms with van der Waals surface area (Å²) in [6.07, 6.45) is 35.2. The number of aliphatic hydroxyl groups is 1. The lowest BCUT2D eigenvalue weighted by Gasteiger charge is -2.18. The second kappa shape index (κ2) is 37.2. The van der Waals surface area contributed by atoms with Gasteiger partial charge in [0.1, 0.15) is 12.7 Å². The van der Waals surface area contributed by atoms with Gasteiger partial charge in [-0.25, -0.2) is 9.36 Å². The number of aliphatic hydroxyl groups excluding tert-OH is 1. The molecule has 3 atom stereocenters. The molecule has 0 saturated carbocycles. The van der Waals surface area contributed by atoms with Crippen molar-refractivity contribution in [3.63, 3.8) is 0 Å². The molecule has 0 aromatic rings. The third-order valence-corrected chi connectivity index (χ3v) is 10.3. The normalized spacial score (nSPS) is 13.9. The molecular formula is C41H78NO10P.